The number of carbonyl (C=O) groups is 3. The highest BCUT2D eigenvalue weighted by Crippen LogP contribution is 2.19. The zero-order chi connectivity index (χ0) is 31.9. The van der Waals surface area contributed by atoms with Crippen LogP contribution in [0.2, 0.25) is 0 Å². The summed E-state index contributed by atoms with van der Waals surface area (Å²) in [6.07, 6.45) is 3.76. The van der Waals surface area contributed by atoms with Crippen LogP contribution in [0.15, 0.2) is 84.9 Å². The molecule has 2 amide bonds. The minimum absolute atomic E-state index is 0.178. The van der Waals surface area contributed by atoms with Crippen LogP contribution in [-0.2, 0) is 36.7 Å². The van der Waals surface area contributed by atoms with Crippen molar-refractivity contribution in [1.82, 2.24) is 10.7 Å². The molecule has 5 N–H and O–H groups in total. The Kier molecular flexibility index (Phi) is 13.3. The minimum Gasteiger partial charge on any atom is -0.479 e. The van der Waals surface area contributed by atoms with Crippen molar-refractivity contribution < 1.29 is 29.0 Å². The third-order valence-electron chi connectivity index (χ3n) is 7.81. The number of unbranched alkanes of at least 4 members (excludes halogenated alkanes) is 4. The monoisotopic (exact) mass is 613 g/mol. The number of amides is 2. The first-order chi connectivity index (χ1) is 21.9. The molecular formula is C36H43N3O6. The number of hydrazine groups is 1. The van der Waals surface area contributed by atoms with Gasteiger partial charge in [-0.3, -0.25) is 15.0 Å². The summed E-state index contributed by atoms with van der Waals surface area (Å²) in [4.78, 5) is 36.7. The lowest BCUT2D eigenvalue weighted by molar-refractivity contribution is -0.170. The number of carboxylic acids is 1. The van der Waals surface area contributed by atoms with Crippen LogP contribution in [0.1, 0.15) is 49.7 Å². The minimum atomic E-state index is -1.66. The van der Waals surface area contributed by atoms with Gasteiger partial charge in [-0.25, -0.2) is 10.6 Å². The van der Waals surface area contributed by atoms with Crippen LogP contribution in [-0.4, -0.2) is 54.9 Å². The van der Waals surface area contributed by atoms with E-state index in [4.69, 9.17) is 15.3 Å². The maximum atomic E-state index is 13.1. The van der Waals surface area contributed by atoms with E-state index < -0.39 is 36.6 Å². The molecule has 238 valence electrons. The standard InChI is InChI=1S/C36H43N3O6/c37-39-32(40)25-45-34(36(42)43)33(44-22-10-2-4-12-27-18-20-29-14-6-8-16-31(29)24-27)35(41)38-21-9-1-3-11-26-17-19-28-13-5-7-15-30(28)23-26/h5-8,13-20,23-24,33-34H,1-4,9-12,21-22,25,37H2,(H,38,41)(H,39,40)(H,42,43). The fraction of sp³-hybridized carbons (Fsp3) is 0.361. The van der Waals surface area contributed by atoms with Gasteiger partial charge < -0.3 is 19.9 Å². The second-order valence-electron chi connectivity index (χ2n) is 11.2. The van der Waals surface area contributed by atoms with Crippen LogP contribution in [0.4, 0.5) is 0 Å². The molecular weight excluding hydrogens is 570 g/mol. The van der Waals surface area contributed by atoms with Gasteiger partial charge in [0.05, 0.1) is 0 Å². The van der Waals surface area contributed by atoms with E-state index in [9.17, 15) is 19.5 Å². The van der Waals surface area contributed by atoms with Crippen LogP contribution in [0.25, 0.3) is 21.5 Å². The van der Waals surface area contributed by atoms with Crippen LogP contribution in [0.3, 0.4) is 0 Å². The molecule has 0 saturated carbocycles. The Bertz CT molecular complexity index is 1560. The molecule has 4 rings (SSSR count). The van der Waals surface area contributed by atoms with E-state index >= 15 is 0 Å². The number of fused-ring (bicyclic) bond motifs is 2. The quantitative estimate of drug-likeness (QED) is 0.0501. The van der Waals surface area contributed by atoms with Gasteiger partial charge >= 0.3 is 5.97 Å². The molecule has 0 spiro atoms. The predicted octanol–water partition coefficient (Wildman–Crippen LogP) is 5.08. The maximum absolute atomic E-state index is 13.1. The number of rotatable bonds is 19. The number of carbonyl (C=O) groups excluding carboxylic acids is 2. The Morgan fingerprint density at radius 2 is 1.22 bits per heavy atom. The number of aliphatic carboxylic acids is 1. The molecule has 0 bridgehead atoms. The normalized spacial score (nSPS) is 12.6. The molecule has 0 aromatic heterocycles. The Balaban J connectivity index is 1.22. The van der Waals surface area contributed by atoms with Gasteiger partial charge in [0.1, 0.15) is 6.61 Å². The van der Waals surface area contributed by atoms with Crippen LogP contribution in [0.5, 0.6) is 0 Å². The molecule has 4 aromatic rings. The lowest BCUT2D eigenvalue weighted by Gasteiger charge is -2.23. The Hall–Kier alpha value is -4.31. The number of ether oxygens (including phenoxy) is 2. The first-order valence-electron chi connectivity index (χ1n) is 15.6. The lowest BCUT2D eigenvalue weighted by Crippen LogP contribution is -2.50. The summed E-state index contributed by atoms with van der Waals surface area (Å²) in [5.74, 6) is 2.41. The van der Waals surface area contributed by atoms with E-state index in [-0.39, 0.29) is 6.61 Å². The van der Waals surface area contributed by atoms with Crippen molar-refractivity contribution in [2.24, 2.45) is 5.84 Å². The summed E-state index contributed by atoms with van der Waals surface area (Å²) in [6.45, 7) is -0.0588. The van der Waals surface area contributed by atoms with E-state index in [1.54, 1.807) is 0 Å². The summed E-state index contributed by atoms with van der Waals surface area (Å²) >= 11 is 0. The predicted molar refractivity (Wildman–Crippen MR) is 175 cm³/mol. The molecule has 2 atom stereocenters. The topological polar surface area (TPSA) is 140 Å². The fourth-order valence-corrected chi connectivity index (χ4v) is 5.35. The zero-order valence-electron chi connectivity index (χ0n) is 25.6. The zero-order valence-corrected chi connectivity index (χ0v) is 25.6. The number of benzene rings is 4. The molecule has 0 saturated heterocycles. The van der Waals surface area contributed by atoms with Gasteiger partial charge in [0.2, 0.25) is 0 Å². The Morgan fingerprint density at radius 3 is 1.78 bits per heavy atom. The van der Waals surface area contributed by atoms with Crippen molar-refractivity contribution in [2.75, 3.05) is 19.8 Å². The molecule has 0 aliphatic heterocycles. The molecule has 9 nitrogen and oxygen atoms in total. The van der Waals surface area contributed by atoms with Crippen LogP contribution < -0.4 is 16.6 Å². The van der Waals surface area contributed by atoms with Crippen molar-refractivity contribution in [3.8, 4) is 0 Å². The molecule has 0 heterocycles. The van der Waals surface area contributed by atoms with E-state index in [1.807, 2.05) is 29.7 Å². The number of nitrogens with two attached hydrogens (primary N) is 1. The lowest BCUT2D eigenvalue weighted by atomic mass is 10.0. The summed E-state index contributed by atoms with van der Waals surface area (Å²) in [5.41, 5.74) is 4.41. The SMILES string of the molecule is NNC(=O)COC(C(=O)O)C(OCCCCCc1ccc2ccccc2c1)C(=O)NCCCCCc1ccc2ccccc2c1. The number of carboxylic acid groups (broad SMARTS) is 1. The first-order valence-corrected chi connectivity index (χ1v) is 15.6. The first kappa shape index (κ1) is 33.6. The summed E-state index contributed by atoms with van der Waals surface area (Å²) in [6, 6.07) is 29.4. The molecule has 45 heavy (non-hydrogen) atoms. The molecule has 9 heteroatoms. The van der Waals surface area contributed by atoms with Crippen LogP contribution in [0, 0.1) is 0 Å². The Morgan fingerprint density at radius 1 is 0.667 bits per heavy atom. The largest absolute Gasteiger partial charge is 0.479 e. The van der Waals surface area contributed by atoms with Gasteiger partial charge in [-0.05, 0) is 71.2 Å². The van der Waals surface area contributed by atoms with Crippen molar-refractivity contribution in [2.45, 2.75) is 63.6 Å². The second kappa shape index (κ2) is 17.9. The fourth-order valence-electron chi connectivity index (χ4n) is 5.35. The van der Waals surface area contributed by atoms with Gasteiger partial charge in [0.15, 0.2) is 12.2 Å². The summed E-state index contributed by atoms with van der Waals surface area (Å²) in [7, 11) is 0. The van der Waals surface area contributed by atoms with Crippen LogP contribution >= 0.6 is 0 Å². The van der Waals surface area contributed by atoms with Crippen molar-refractivity contribution in [3.63, 3.8) is 0 Å². The van der Waals surface area contributed by atoms with E-state index in [1.165, 1.54) is 32.7 Å². The number of nitrogens with one attached hydrogen (secondary N) is 2. The molecule has 0 fully saturated rings. The average molecular weight is 614 g/mol. The van der Waals surface area contributed by atoms with E-state index in [0.29, 0.717) is 13.0 Å². The van der Waals surface area contributed by atoms with Crippen molar-refractivity contribution in [1.29, 1.82) is 0 Å². The third kappa shape index (κ3) is 10.7. The highest BCUT2D eigenvalue weighted by atomic mass is 16.6. The van der Waals surface area contributed by atoms with Gasteiger partial charge in [-0.15, -0.1) is 0 Å². The smallest absolute Gasteiger partial charge is 0.336 e. The number of hydrogen-bond acceptors (Lipinski definition) is 6. The molecule has 0 aliphatic carbocycles. The molecule has 0 aliphatic rings. The molecule has 4 aromatic carbocycles. The molecule has 2 unspecified atom stereocenters. The van der Waals surface area contributed by atoms with Crippen molar-refractivity contribution >= 4 is 39.3 Å². The average Bonchev–Trinajstić information content (AvgIpc) is 3.06. The van der Waals surface area contributed by atoms with Gasteiger partial charge in [-0.2, -0.15) is 0 Å². The van der Waals surface area contributed by atoms with Gasteiger partial charge in [-0.1, -0.05) is 97.8 Å². The Labute approximate surface area is 264 Å². The highest BCUT2D eigenvalue weighted by molar-refractivity contribution is 5.88. The van der Waals surface area contributed by atoms with E-state index in [0.717, 1.165) is 44.9 Å². The maximum Gasteiger partial charge on any atom is 0.336 e. The number of hydrogen-bond donors (Lipinski definition) is 4. The second-order valence-corrected chi connectivity index (χ2v) is 11.2. The van der Waals surface area contributed by atoms with Gasteiger partial charge in [0.25, 0.3) is 11.8 Å². The highest BCUT2D eigenvalue weighted by Gasteiger charge is 2.36. The number of aryl methyl sites for hydroxylation is 2. The molecule has 0 radical (unpaired) electrons. The van der Waals surface area contributed by atoms with E-state index in [2.05, 4.69) is 66.0 Å². The third-order valence-corrected chi connectivity index (χ3v) is 7.81. The summed E-state index contributed by atoms with van der Waals surface area (Å²) < 4.78 is 11.1. The summed E-state index contributed by atoms with van der Waals surface area (Å²) in [5, 5.41) is 17.4. The van der Waals surface area contributed by atoms with Crippen molar-refractivity contribution in [3.05, 3.63) is 96.1 Å². The van der Waals surface area contributed by atoms with Gasteiger partial charge in [0, 0.05) is 13.2 Å².